The monoisotopic (exact) mass is 601 g/mol. The van der Waals surface area contributed by atoms with Gasteiger partial charge in [-0.3, -0.25) is 9.59 Å². The fourth-order valence-electron chi connectivity index (χ4n) is 5.10. The molecule has 0 aliphatic carbocycles. The molecule has 248 valence electrons. The molecule has 0 aromatic rings. The Bertz CT molecular complexity index is 734. The molecular weight excluding hydrogens is 532 g/mol. The molecule has 1 N–H and O–H groups in total. The normalized spacial score (nSPS) is 12.8. The van der Waals surface area contributed by atoms with Crippen molar-refractivity contribution in [2.75, 3.05) is 0 Å². The molecule has 0 fully saturated rings. The lowest BCUT2D eigenvalue weighted by Crippen LogP contribution is -2.17. The number of allylic oxidation sites excluding steroid dienone is 8. The van der Waals surface area contributed by atoms with E-state index >= 15 is 0 Å². The van der Waals surface area contributed by atoms with Crippen LogP contribution < -0.4 is 0 Å². The molecule has 0 saturated heterocycles. The van der Waals surface area contributed by atoms with Crippen LogP contribution in [0, 0.1) is 0 Å². The van der Waals surface area contributed by atoms with Crippen LogP contribution in [0.5, 0.6) is 0 Å². The minimum atomic E-state index is -0.677. The molecule has 0 aliphatic rings. The number of aliphatic carboxylic acids is 1. The molecule has 0 amide bonds. The van der Waals surface area contributed by atoms with E-state index in [9.17, 15) is 9.59 Å². The summed E-state index contributed by atoms with van der Waals surface area (Å²) in [6, 6.07) is 0. The Hall–Kier alpha value is -2.10. The van der Waals surface area contributed by atoms with E-state index in [1.807, 2.05) is 0 Å². The highest BCUT2D eigenvalue weighted by molar-refractivity contribution is 5.69. The number of rotatable bonds is 32. The van der Waals surface area contributed by atoms with Gasteiger partial charge in [0.15, 0.2) is 0 Å². The Morgan fingerprint density at radius 3 is 1.44 bits per heavy atom. The number of carboxylic acids is 1. The van der Waals surface area contributed by atoms with E-state index in [-0.39, 0.29) is 12.1 Å². The summed E-state index contributed by atoms with van der Waals surface area (Å²) in [7, 11) is 0. The number of ether oxygens (including phenoxy) is 1. The van der Waals surface area contributed by atoms with Crippen LogP contribution in [-0.2, 0) is 14.3 Å². The summed E-state index contributed by atoms with van der Waals surface area (Å²) in [5, 5.41) is 8.65. The Kier molecular flexibility index (Phi) is 32.7. The minimum absolute atomic E-state index is 0.0208. The van der Waals surface area contributed by atoms with Gasteiger partial charge in [0.1, 0.15) is 6.10 Å². The number of carbonyl (C=O) groups excluding carboxylic acids is 1. The number of esters is 1. The molecule has 0 rings (SSSR count). The Labute approximate surface area is 266 Å². The van der Waals surface area contributed by atoms with Gasteiger partial charge in [0, 0.05) is 12.8 Å². The van der Waals surface area contributed by atoms with E-state index in [0.29, 0.717) is 12.8 Å². The van der Waals surface area contributed by atoms with Gasteiger partial charge in [-0.1, -0.05) is 140 Å². The summed E-state index contributed by atoms with van der Waals surface area (Å²) >= 11 is 0. The van der Waals surface area contributed by atoms with E-state index in [1.165, 1.54) is 70.6 Å². The average Bonchev–Trinajstić information content (AvgIpc) is 2.99. The molecule has 0 saturated carbocycles. The van der Waals surface area contributed by atoms with Crippen molar-refractivity contribution in [2.45, 2.75) is 187 Å². The van der Waals surface area contributed by atoms with Crippen molar-refractivity contribution >= 4 is 11.9 Å². The SMILES string of the molecule is CCCCC/C=C\C/C=C\C/C=C\C/C=C\CCCCCC(=O)OC(CC)CCCCCCCCCCCCCC(=O)O. The summed E-state index contributed by atoms with van der Waals surface area (Å²) in [5.74, 6) is -0.698. The van der Waals surface area contributed by atoms with Crippen LogP contribution in [0.2, 0.25) is 0 Å². The van der Waals surface area contributed by atoms with Crippen molar-refractivity contribution in [3.05, 3.63) is 48.6 Å². The summed E-state index contributed by atoms with van der Waals surface area (Å²) < 4.78 is 5.75. The lowest BCUT2D eigenvalue weighted by molar-refractivity contribution is -0.149. The fourth-order valence-corrected chi connectivity index (χ4v) is 5.10. The second-order valence-corrected chi connectivity index (χ2v) is 12.0. The first-order chi connectivity index (χ1) is 21.1. The van der Waals surface area contributed by atoms with Gasteiger partial charge in [-0.05, 0) is 77.0 Å². The molecular formula is C39H68O4. The summed E-state index contributed by atoms with van der Waals surface area (Å²) in [4.78, 5) is 22.8. The van der Waals surface area contributed by atoms with Crippen LogP contribution in [-0.4, -0.2) is 23.1 Å². The molecule has 0 aromatic heterocycles. The van der Waals surface area contributed by atoms with Crippen molar-refractivity contribution in [1.29, 1.82) is 0 Å². The first kappa shape index (κ1) is 40.9. The average molecular weight is 601 g/mol. The van der Waals surface area contributed by atoms with Crippen LogP contribution in [0.4, 0.5) is 0 Å². The largest absolute Gasteiger partial charge is 0.481 e. The number of carbonyl (C=O) groups is 2. The van der Waals surface area contributed by atoms with Crippen LogP contribution in [0.15, 0.2) is 48.6 Å². The minimum Gasteiger partial charge on any atom is -0.481 e. The third-order valence-electron chi connectivity index (χ3n) is 7.88. The van der Waals surface area contributed by atoms with E-state index in [4.69, 9.17) is 9.84 Å². The molecule has 1 unspecified atom stereocenters. The zero-order valence-corrected chi connectivity index (χ0v) is 28.3. The van der Waals surface area contributed by atoms with Gasteiger partial charge >= 0.3 is 11.9 Å². The molecule has 4 heteroatoms. The van der Waals surface area contributed by atoms with Crippen LogP contribution in [0.1, 0.15) is 181 Å². The van der Waals surface area contributed by atoms with Crippen molar-refractivity contribution in [3.8, 4) is 0 Å². The molecule has 43 heavy (non-hydrogen) atoms. The first-order valence-electron chi connectivity index (χ1n) is 18.1. The molecule has 0 aliphatic heterocycles. The van der Waals surface area contributed by atoms with E-state index in [0.717, 1.165) is 83.5 Å². The number of carboxylic acid groups (broad SMARTS) is 1. The van der Waals surface area contributed by atoms with Crippen LogP contribution in [0.25, 0.3) is 0 Å². The Morgan fingerprint density at radius 1 is 0.535 bits per heavy atom. The maximum Gasteiger partial charge on any atom is 0.306 e. The molecule has 0 aromatic carbocycles. The lowest BCUT2D eigenvalue weighted by atomic mass is 10.0. The quantitative estimate of drug-likeness (QED) is 0.0474. The van der Waals surface area contributed by atoms with Gasteiger partial charge < -0.3 is 9.84 Å². The van der Waals surface area contributed by atoms with Crippen LogP contribution >= 0.6 is 0 Å². The molecule has 1 atom stereocenters. The Balaban J connectivity index is 3.56. The third kappa shape index (κ3) is 34.3. The number of hydrogen-bond donors (Lipinski definition) is 1. The molecule has 0 radical (unpaired) electrons. The van der Waals surface area contributed by atoms with E-state index in [2.05, 4.69) is 62.5 Å². The maximum absolute atomic E-state index is 12.3. The molecule has 0 bridgehead atoms. The molecule has 0 spiro atoms. The van der Waals surface area contributed by atoms with Gasteiger partial charge in [0.25, 0.3) is 0 Å². The van der Waals surface area contributed by atoms with Gasteiger partial charge in [0.05, 0.1) is 0 Å². The topological polar surface area (TPSA) is 63.6 Å². The predicted octanol–water partition coefficient (Wildman–Crippen LogP) is 12.4. The van der Waals surface area contributed by atoms with Crippen molar-refractivity contribution in [1.82, 2.24) is 0 Å². The molecule has 4 nitrogen and oxygen atoms in total. The van der Waals surface area contributed by atoms with Gasteiger partial charge in [-0.25, -0.2) is 0 Å². The highest BCUT2D eigenvalue weighted by atomic mass is 16.5. The van der Waals surface area contributed by atoms with Crippen LogP contribution in [0.3, 0.4) is 0 Å². The standard InChI is InChI=1S/C39H68O4/c1-3-5-6-7-8-9-10-11-12-13-14-15-16-17-21-24-27-30-33-36-39(42)43-37(4-2)34-31-28-25-22-19-18-20-23-26-29-32-35-38(40)41/h8-9,11-12,14-15,17,21,37H,3-7,10,13,16,18-20,22-36H2,1-2H3,(H,40,41)/b9-8-,12-11-,15-14-,21-17-. The smallest absolute Gasteiger partial charge is 0.306 e. The second-order valence-electron chi connectivity index (χ2n) is 12.0. The zero-order chi connectivity index (χ0) is 31.5. The second kappa shape index (κ2) is 34.4. The van der Waals surface area contributed by atoms with Crippen molar-refractivity contribution < 1.29 is 19.4 Å². The third-order valence-corrected chi connectivity index (χ3v) is 7.88. The van der Waals surface area contributed by atoms with Gasteiger partial charge in [-0.2, -0.15) is 0 Å². The summed E-state index contributed by atoms with van der Waals surface area (Å²) in [6.45, 7) is 4.36. The summed E-state index contributed by atoms with van der Waals surface area (Å²) in [5.41, 5.74) is 0. The highest BCUT2D eigenvalue weighted by Gasteiger charge is 2.12. The zero-order valence-electron chi connectivity index (χ0n) is 28.3. The lowest BCUT2D eigenvalue weighted by Gasteiger charge is -2.16. The van der Waals surface area contributed by atoms with E-state index < -0.39 is 5.97 Å². The fraction of sp³-hybridized carbons (Fsp3) is 0.744. The first-order valence-corrected chi connectivity index (χ1v) is 18.1. The maximum atomic E-state index is 12.3. The van der Waals surface area contributed by atoms with Crippen molar-refractivity contribution in [3.63, 3.8) is 0 Å². The number of unbranched alkanes of at least 4 members (excludes halogenated alkanes) is 16. The predicted molar refractivity (Wildman–Crippen MR) is 185 cm³/mol. The molecule has 0 heterocycles. The van der Waals surface area contributed by atoms with Gasteiger partial charge in [0.2, 0.25) is 0 Å². The summed E-state index contributed by atoms with van der Waals surface area (Å²) in [6.07, 6.45) is 46.3. The Morgan fingerprint density at radius 2 is 0.953 bits per heavy atom. The number of hydrogen-bond acceptors (Lipinski definition) is 3. The van der Waals surface area contributed by atoms with E-state index in [1.54, 1.807) is 0 Å². The van der Waals surface area contributed by atoms with Gasteiger partial charge in [-0.15, -0.1) is 0 Å². The highest BCUT2D eigenvalue weighted by Crippen LogP contribution is 2.16. The van der Waals surface area contributed by atoms with Crippen molar-refractivity contribution in [2.24, 2.45) is 0 Å².